The highest BCUT2D eigenvalue weighted by atomic mass is 127. The summed E-state index contributed by atoms with van der Waals surface area (Å²) in [6.45, 7) is 12.6. The first-order valence-corrected chi connectivity index (χ1v) is 7.80. The summed E-state index contributed by atoms with van der Waals surface area (Å²) in [7, 11) is 5.71. The predicted octanol–water partition coefficient (Wildman–Crippen LogP) is 0.830. The van der Waals surface area contributed by atoms with Crippen LogP contribution in [0.3, 0.4) is 0 Å². The molecule has 22 heavy (non-hydrogen) atoms. The van der Waals surface area contributed by atoms with E-state index in [1.54, 1.807) is 14.2 Å². The van der Waals surface area contributed by atoms with Gasteiger partial charge in [-0.25, -0.2) is 0 Å². The molecule has 1 heterocycles. The molecule has 2 N–H and O–H groups in total. The summed E-state index contributed by atoms with van der Waals surface area (Å²) < 4.78 is 5.41. The molecule has 6 nitrogen and oxygen atoms in total. The monoisotopic (exact) mass is 427 g/mol. The summed E-state index contributed by atoms with van der Waals surface area (Å²) in [5.41, 5.74) is -0.194. The molecule has 0 amide bonds. The number of ether oxygens (including phenoxy) is 1. The Labute approximate surface area is 153 Å². The minimum atomic E-state index is -0.194. The van der Waals surface area contributed by atoms with Crippen molar-refractivity contribution in [1.82, 2.24) is 20.4 Å². The lowest BCUT2D eigenvalue weighted by Gasteiger charge is -2.36. The Hall–Kier alpha value is -0.120. The number of halogens is 1. The number of rotatable bonds is 6. The number of guanidine groups is 1. The van der Waals surface area contributed by atoms with Crippen LogP contribution in [-0.2, 0) is 4.74 Å². The second kappa shape index (κ2) is 10.6. The van der Waals surface area contributed by atoms with Gasteiger partial charge in [0.2, 0.25) is 0 Å². The highest BCUT2D eigenvalue weighted by Crippen LogP contribution is 2.05. The zero-order valence-corrected chi connectivity index (χ0v) is 17.3. The third-order valence-electron chi connectivity index (χ3n) is 4.18. The van der Waals surface area contributed by atoms with E-state index in [9.17, 15) is 0 Å². The molecule has 7 heteroatoms. The van der Waals surface area contributed by atoms with Crippen LogP contribution in [0.4, 0.5) is 0 Å². The molecular formula is C15H34IN5O. The van der Waals surface area contributed by atoms with Crippen molar-refractivity contribution in [3.05, 3.63) is 0 Å². The molecule has 0 aromatic rings. The Morgan fingerprint density at radius 3 is 2.32 bits per heavy atom. The lowest BCUT2D eigenvalue weighted by molar-refractivity contribution is 0.0268. The van der Waals surface area contributed by atoms with Crippen molar-refractivity contribution < 1.29 is 4.74 Å². The first-order chi connectivity index (χ1) is 9.88. The van der Waals surface area contributed by atoms with Gasteiger partial charge in [0.1, 0.15) is 0 Å². The van der Waals surface area contributed by atoms with Crippen LogP contribution >= 0.6 is 24.0 Å². The largest absolute Gasteiger partial charge is 0.377 e. The van der Waals surface area contributed by atoms with Gasteiger partial charge in [-0.2, -0.15) is 0 Å². The zero-order valence-electron chi connectivity index (χ0n) is 15.0. The number of likely N-dealkylation sites (N-methyl/N-ethyl adjacent to an activating group) is 1. The van der Waals surface area contributed by atoms with Crippen molar-refractivity contribution in [2.75, 3.05) is 60.5 Å². The zero-order chi connectivity index (χ0) is 15.9. The van der Waals surface area contributed by atoms with Gasteiger partial charge in [0, 0.05) is 59.5 Å². The first kappa shape index (κ1) is 21.9. The molecule has 1 atom stereocenters. The molecule has 1 fully saturated rings. The second-order valence-electron chi connectivity index (χ2n) is 6.46. The van der Waals surface area contributed by atoms with Crippen molar-refractivity contribution in [3.63, 3.8) is 0 Å². The fourth-order valence-electron chi connectivity index (χ4n) is 2.23. The average molecular weight is 427 g/mol. The predicted molar refractivity (Wildman–Crippen MR) is 104 cm³/mol. The molecule has 1 unspecified atom stereocenters. The highest BCUT2D eigenvalue weighted by molar-refractivity contribution is 14.0. The molecule has 0 aliphatic carbocycles. The molecule has 0 bridgehead atoms. The molecule has 0 aromatic carbocycles. The summed E-state index contributed by atoms with van der Waals surface area (Å²) in [5, 5.41) is 6.72. The molecule has 1 rings (SSSR count). The van der Waals surface area contributed by atoms with Crippen LogP contribution < -0.4 is 10.6 Å². The van der Waals surface area contributed by atoms with Crippen LogP contribution in [-0.4, -0.2) is 87.9 Å². The van der Waals surface area contributed by atoms with E-state index in [2.05, 4.69) is 53.2 Å². The van der Waals surface area contributed by atoms with Gasteiger partial charge in [0.05, 0.1) is 5.60 Å². The molecule has 0 saturated carbocycles. The third kappa shape index (κ3) is 7.94. The second-order valence-corrected chi connectivity index (χ2v) is 6.46. The van der Waals surface area contributed by atoms with Gasteiger partial charge < -0.3 is 20.3 Å². The summed E-state index contributed by atoms with van der Waals surface area (Å²) >= 11 is 0. The van der Waals surface area contributed by atoms with Gasteiger partial charge >= 0.3 is 0 Å². The molecule has 132 valence electrons. The van der Waals surface area contributed by atoms with Crippen LogP contribution in [0.5, 0.6) is 0 Å². The lowest BCUT2D eigenvalue weighted by Crippen LogP contribution is -2.53. The van der Waals surface area contributed by atoms with Crippen molar-refractivity contribution in [1.29, 1.82) is 0 Å². The minimum Gasteiger partial charge on any atom is -0.377 e. The number of hydrogen-bond donors (Lipinski definition) is 2. The molecule has 0 spiro atoms. The highest BCUT2D eigenvalue weighted by Gasteiger charge is 2.20. The van der Waals surface area contributed by atoms with Gasteiger partial charge in [0.15, 0.2) is 5.96 Å². The summed E-state index contributed by atoms with van der Waals surface area (Å²) in [5.74, 6) is 0.834. The maximum absolute atomic E-state index is 5.41. The van der Waals surface area contributed by atoms with Crippen LogP contribution in [0.2, 0.25) is 0 Å². The summed E-state index contributed by atoms with van der Waals surface area (Å²) in [6, 6.07) is 0.507. The normalized spacial score (nSPS) is 19.5. The lowest BCUT2D eigenvalue weighted by atomic mass is 10.1. The number of aliphatic imine (C=N–C) groups is 1. The topological polar surface area (TPSA) is 52.1 Å². The number of nitrogens with zero attached hydrogens (tertiary/aromatic N) is 3. The fourth-order valence-corrected chi connectivity index (χ4v) is 2.23. The standard InChI is InChI=1S/C15H33N5O.HI/c1-13(20-9-7-19(5)8-10-20)11-17-14(16-4)18-12-15(2,3)21-6;/h13H,7-12H2,1-6H3,(H2,16,17,18);1H. The van der Waals surface area contributed by atoms with Gasteiger partial charge in [-0.05, 0) is 27.8 Å². The van der Waals surface area contributed by atoms with E-state index in [1.807, 2.05) is 0 Å². The number of methoxy groups -OCH3 is 1. The molecule has 0 radical (unpaired) electrons. The van der Waals surface area contributed by atoms with Crippen LogP contribution in [0.25, 0.3) is 0 Å². The van der Waals surface area contributed by atoms with E-state index < -0.39 is 0 Å². The van der Waals surface area contributed by atoms with Gasteiger partial charge in [0.25, 0.3) is 0 Å². The SMILES string of the molecule is CN=C(NCC(C)N1CCN(C)CC1)NCC(C)(C)OC.I. The molecule has 1 saturated heterocycles. The number of nitrogens with one attached hydrogen (secondary N) is 2. The van der Waals surface area contributed by atoms with Crippen LogP contribution in [0.1, 0.15) is 20.8 Å². The van der Waals surface area contributed by atoms with Crippen LogP contribution in [0, 0.1) is 0 Å². The van der Waals surface area contributed by atoms with E-state index >= 15 is 0 Å². The van der Waals surface area contributed by atoms with Gasteiger partial charge in [-0.1, -0.05) is 0 Å². The van der Waals surface area contributed by atoms with E-state index in [4.69, 9.17) is 4.74 Å². The van der Waals surface area contributed by atoms with Gasteiger partial charge in [-0.15, -0.1) is 24.0 Å². The van der Waals surface area contributed by atoms with Gasteiger partial charge in [-0.3, -0.25) is 9.89 Å². The van der Waals surface area contributed by atoms with Crippen molar-refractivity contribution in [2.24, 2.45) is 4.99 Å². The minimum absolute atomic E-state index is 0. The molecule has 1 aliphatic heterocycles. The number of piperazine rings is 1. The van der Waals surface area contributed by atoms with E-state index in [1.165, 1.54) is 0 Å². The maximum Gasteiger partial charge on any atom is 0.191 e. The van der Waals surface area contributed by atoms with Crippen molar-refractivity contribution in [3.8, 4) is 0 Å². The molecule has 0 aromatic heterocycles. The Bertz CT molecular complexity index is 330. The fraction of sp³-hybridized carbons (Fsp3) is 0.933. The summed E-state index contributed by atoms with van der Waals surface area (Å²) in [4.78, 5) is 9.17. The smallest absolute Gasteiger partial charge is 0.191 e. The van der Waals surface area contributed by atoms with Crippen molar-refractivity contribution >= 4 is 29.9 Å². The quantitative estimate of drug-likeness (QED) is 0.374. The third-order valence-corrected chi connectivity index (χ3v) is 4.18. The maximum atomic E-state index is 5.41. The Kier molecular flexibility index (Phi) is 10.6. The Morgan fingerprint density at radius 2 is 1.82 bits per heavy atom. The Morgan fingerprint density at radius 1 is 1.23 bits per heavy atom. The van der Waals surface area contributed by atoms with E-state index in [0.717, 1.165) is 45.2 Å². The van der Waals surface area contributed by atoms with Crippen molar-refractivity contribution in [2.45, 2.75) is 32.4 Å². The molecular weight excluding hydrogens is 393 g/mol. The van der Waals surface area contributed by atoms with E-state index in [0.29, 0.717) is 6.04 Å². The summed E-state index contributed by atoms with van der Waals surface area (Å²) in [6.07, 6.45) is 0. The first-order valence-electron chi connectivity index (χ1n) is 7.80. The molecule has 1 aliphatic rings. The van der Waals surface area contributed by atoms with E-state index in [-0.39, 0.29) is 29.6 Å². The average Bonchev–Trinajstić information content (AvgIpc) is 2.48. The Balaban J connectivity index is 0.00000441. The van der Waals surface area contributed by atoms with Crippen LogP contribution in [0.15, 0.2) is 4.99 Å². The number of hydrogen-bond acceptors (Lipinski definition) is 4.